The molecule has 0 radical (unpaired) electrons. The first-order valence-electron chi connectivity index (χ1n) is 27.9. The molecule has 77 heavy (non-hydrogen) atoms. The number of ether oxygens (including phenoxy) is 3. The number of nitrogens with one attached hydrogen (secondary N) is 2. The third-order valence-electron chi connectivity index (χ3n) is 15.3. The number of aliphatic hydroxyl groups is 1. The van der Waals surface area contributed by atoms with E-state index in [-0.39, 0.29) is 79.3 Å². The molecule has 4 amide bonds. The predicted molar refractivity (Wildman–Crippen MR) is 298 cm³/mol. The average molecular weight is 1070 g/mol. The number of benzene rings is 1. The number of amides is 4. The van der Waals surface area contributed by atoms with Crippen molar-refractivity contribution in [2.75, 3.05) is 59.9 Å². The van der Waals surface area contributed by atoms with Gasteiger partial charge in [-0.3, -0.25) is 24.0 Å². The summed E-state index contributed by atoms with van der Waals surface area (Å²) >= 11 is 0. The van der Waals surface area contributed by atoms with E-state index in [1.165, 1.54) is 4.90 Å². The van der Waals surface area contributed by atoms with E-state index in [1.807, 2.05) is 98.0 Å². The molecule has 1 aliphatic rings. The van der Waals surface area contributed by atoms with Gasteiger partial charge in [0.1, 0.15) is 24.5 Å². The Morgan fingerprint density at radius 2 is 1.62 bits per heavy atom. The third-order valence-corrected chi connectivity index (χ3v) is 15.3. The first-order chi connectivity index (χ1) is 36.7. The number of aromatic nitrogens is 5. The maximum atomic E-state index is 14.7. The van der Waals surface area contributed by atoms with Crippen molar-refractivity contribution in [1.29, 1.82) is 0 Å². The first kappa shape index (κ1) is 63.9. The van der Waals surface area contributed by atoms with Gasteiger partial charge in [0.25, 0.3) is 0 Å². The molecule has 1 aromatic carbocycles. The highest BCUT2D eigenvalue weighted by atomic mass is 16.5. The molecule has 428 valence electrons. The Balaban J connectivity index is 1.32. The molecule has 2 aromatic heterocycles. The molecule has 0 saturated carbocycles. The minimum absolute atomic E-state index is 0.0236. The summed E-state index contributed by atoms with van der Waals surface area (Å²) in [6.07, 6.45) is 7.07. The van der Waals surface area contributed by atoms with E-state index in [4.69, 9.17) is 14.2 Å². The second-order valence-electron chi connectivity index (χ2n) is 21.6. The number of aliphatic hydroxyl groups excluding tert-OH is 1. The van der Waals surface area contributed by atoms with Crippen molar-refractivity contribution in [1.82, 2.24) is 45.0 Å². The van der Waals surface area contributed by atoms with Crippen LogP contribution in [0.25, 0.3) is 6.08 Å². The van der Waals surface area contributed by atoms with E-state index < -0.39 is 48.3 Å². The van der Waals surface area contributed by atoms with E-state index >= 15 is 0 Å². The summed E-state index contributed by atoms with van der Waals surface area (Å²) in [6.45, 7) is 22.5. The van der Waals surface area contributed by atoms with Crippen LogP contribution in [0.3, 0.4) is 0 Å². The molecule has 0 spiro atoms. The SMILES string of the molecule is C=Cc1cc(CC)nc(NCCCCc2cn(CCOCC(=O)N(C)[C@H](C(=O)N[C@H](C(=O)N(C)[C@@H]([C@@H](C)CC)[C@@H](CC(=O)N3CCC[C@H]3[C@H](OC)[C@@H](C)C(=O)C[C@H](C)[C@@H](O)c3ccccc3)OC)C(C)C)C(C)C)nn2)n1. The van der Waals surface area contributed by atoms with Crippen molar-refractivity contribution < 1.29 is 43.3 Å². The van der Waals surface area contributed by atoms with Gasteiger partial charge in [0.15, 0.2) is 0 Å². The number of likely N-dealkylation sites (N-methyl/N-ethyl adjacent to an activating group) is 2. The molecule has 1 aliphatic heterocycles. The number of aryl methyl sites for hydroxylation is 2. The lowest BCUT2D eigenvalue weighted by Gasteiger charge is -2.41. The van der Waals surface area contributed by atoms with Crippen LogP contribution in [-0.4, -0.2) is 165 Å². The van der Waals surface area contributed by atoms with Crippen molar-refractivity contribution >= 4 is 41.4 Å². The minimum Gasteiger partial charge on any atom is -0.388 e. The van der Waals surface area contributed by atoms with Gasteiger partial charge in [-0.15, -0.1) is 5.10 Å². The fourth-order valence-corrected chi connectivity index (χ4v) is 10.5. The van der Waals surface area contributed by atoms with E-state index in [2.05, 4.69) is 44.4 Å². The van der Waals surface area contributed by atoms with Gasteiger partial charge in [0.2, 0.25) is 29.6 Å². The molecule has 10 atom stereocenters. The summed E-state index contributed by atoms with van der Waals surface area (Å²) < 4.78 is 19.6. The molecule has 0 aliphatic carbocycles. The Kier molecular flexibility index (Phi) is 26.3. The molecule has 19 heteroatoms. The quantitative estimate of drug-likeness (QED) is 0.0537. The Morgan fingerprint density at radius 1 is 0.909 bits per heavy atom. The van der Waals surface area contributed by atoms with E-state index in [9.17, 15) is 29.1 Å². The lowest BCUT2D eigenvalue weighted by molar-refractivity contribution is -0.149. The van der Waals surface area contributed by atoms with Crippen LogP contribution in [0.2, 0.25) is 0 Å². The van der Waals surface area contributed by atoms with Gasteiger partial charge in [-0.2, -0.15) is 0 Å². The van der Waals surface area contributed by atoms with Gasteiger partial charge in [0, 0.05) is 65.6 Å². The first-order valence-corrected chi connectivity index (χ1v) is 27.9. The number of carbonyl (C=O) groups is 5. The number of ketones is 1. The summed E-state index contributed by atoms with van der Waals surface area (Å²) in [6, 6.07) is 8.47. The lowest BCUT2D eigenvalue weighted by Crippen LogP contribution is -2.60. The Bertz CT molecular complexity index is 2330. The number of anilines is 1. The number of hydrogen-bond donors (Lipinski definition) is 3. The molecule has 1 fully saturated rings. The van der Waals surface area contributed by atoms with Crippen LogP contribution in [0.15, 0.2) is 49.2 Å². The normalized spacial score (nSPS) is 17.2. The summed E-state index contributed by atoms with van der Waals surface area (Å²) in [4.78, 5) is 84.4. The summed E-state index contributed by atoms with van der Waals surface area (Å²) in [7, 11) is 6.37. The van der Waals surface area contributed by atoms with Gasteiger partial charge in [-0.25, -0.2) is 14.6 Å². The van der Waals surface area contributed by atoms with Crippen molar-refractivity contribution in [2.45, 2.75) is 169 Å². The molecule has 0 bridgehead atoms. The van der Waals surface area contributed by atoms with Crippen molar-refractivity contribution in [3.8, 4) is 0 Å². The van der Waals surface area contributed by atoms with E-state index in [1.54, 1.807) is 48.9 Å². The lowest BCUT2D eigenvalue weighted by atomic mass is 9.85. The monoisotopic (exact) mass is 1070 g/mol. The maximum Gasteiger partial charge on any atom is 0.248 e. The topological polar surface area (TPSA) is 224 Å². The number of hydrogen-bond acceptors (Lipinski definition) is 14. The van der Waals surface area contributed by atoms with Gasteiger partial charge >= 0.3 is 0 Å². The zero-order valence-electron chi connectivity index (χ0n) is 48.4. The fraction of sp³-hybridized carbons (Fsp3) is 0.672. The van der Waals surface area contributed by atoms with Crippen molar-refractivity contribution in [3.05, 3.63) is 71.8 Å². The van der Waals surface area contributed by atoms with Crippen LogP contribution in [0.4, 0.5) is 5.95 Å². The smallest absolute Gasteiger partial charge is 0.248 e. The van der Waals surface area contributed by atoms with E-state index in [0.29, 0.717) is 31.9 Å². The van der Waals surface area contributed by atoms with Crippen LogP contribution in [0, 0.1) is 29.6 Å². The molecular formula is C58H92N10O9. The maximum absolute atomic E-state index is 14.7. The molecular weight excluding hydrogens is 981 g/mol. The number of unbranched alkanes of at least 4 members (excludes halogenated alkanes) is 1. The van der Waals surface area contributed by atoms with Crippen LogP contribution >= 0.6 is 0 Å². The van der Waals surface area contributed by atoms with Crippen LogP contribution < -0.4 is 10.6 Å². The van der Waals surface area contributed by atoms with E-state index in [0.717, 1.165) is 61.3 Å². The molecule has 4 rings (SSSR count). The highest BCUT2D eigenvalue weighted by Gasteiger charge is 2.43. The molecule has 3 heterocycles. The average Bonchev–Trinajstić information content (AvgIpc) is 4.10. The third kappa shape index (κ3) is 18.2. The Morgan fingerprint density at radius 3 is 2.25 bits per heavy atom. The van der Waals surface area contributed by atoms with Gasteiger partial charge < -0.3 is 44.7 Å². The largest absolute Gasteiger partial charge is 0.388 e. The molecule has 3 N–H and O–H groups in total. The summed E-state index contributed by atoms with van der Waals surface area (Å²) in [5.74, 6) is -2.42. The van der Waals surface area contributed by atoms with Gasteiger partial charge in [-0.1, -0.05) is 111 Å². The molecule has 3 aromatic rings. The molecule has 19 nitrogen and oxygen atoms in total. The molecule has 0 unspecified atom stereocenters. The van der Waals surface area contributed by atoms with Gasteiger partial charge in [0.05, 0.1) is 61.4 Å². The zero-order chi connectivity index (χ0) is 56.9. The van der Waals surface area contributed by atoms with Crippen LogP contribution in [-0.2, 0) is 57.6 Å². The summed E-state index contributed by atoms with van der Waals surface area (Å²) in [5.41, 5.74) is 3.36. The van der Waals surface area contributed by atoms with Crippen LogP contribution in [0.1, 0.15) is 136 Å². The Hall–Kier alpha value is -5.63. The number of Topliss-reactive ketones (excluding diaryl/α,β-unsaturated/α-hetero) is 1. The van der Waals surface area contributed by atoms with Crippen LogP contribution in [0.5, 0.6) is 0 Å². The minimum atomic E-state index is -0.956. The second-order valence-corrected chi connectivity index (χ2v) is 21.6. The van der Waals surface area contributed by atoms with Crippen molar-refractivity contribution in [2.24, 2.45) is 29.6 Å². The van der Waals surface area contributed by atoms with Crippen molar-refractivity contribution in [3.63, 3.8) is 0 Å². The van der Waals surface area contributed by atoms with Gasteiger partial charge in [-0.05, 0) is 79.9 Å². The predicted octanol–water partition coefficient (Wildman–Crippen LogP) is 6.60. The number of rotatable bonds is 34. The molecule has 1 saturated heterocycles. The standard InChI is InChI=1S/C58H92N10O9/c1-15-39(8)53(48(75-13)34-49(70)68-29-23-27-46(68)55(76-14)41(10)47(69)32-40(9)54(72)42-24-19-18-20-25-42)66(12)57(74)51(37(4)5)62-56(73)52(38(6)7)65(11)50(71)36-77-31-30-67-35-45(63-64-67)26-21-22-28-59-58-60-43(16-2)33-44(17-3)61-58/h16,18-20,24-25,33,35,37-41,46,48,51-55,72H,2,15,17,21-23,26-32,34,36H2,1,3-14H3,(H,62,73)(H,59,60,61)/t39-,40-,41-,46-,48+,51-,52-,53-,54+,55+/m0/s1. The second kappa shape index (κ2) is 31.7. The highest BCUT2D eigenvalue weighted by molar-refractivity contribution is 5.92. The summed E-state index contributed by atoms with van der Waals surface area (Å²) in [5, 5.41) is 25.8. The number of nitrogens with zero attached hydrogens (tertiary/aromatic N) is 8. The number of methoxy groups -OCH3 is 2. The number of likely N-dealkylation sites (tertiary alicyclic amines) is 1. The zero-order valence-corrected chi connectivity index (χ0v) is 48.4. The highest BCUT2D eigenvalue weighted by Crippen LogP contribution is 2.32. The number of carbonyl (C=O) groups excluding carboxylic acids is 5. The Labute approximate surface area is 458 Å². The fourth-order valence-electron chi connectivity index (χ4n) is 10.5.